The summed E-state index contributed by atoms with van der Waals surface area (Å²) in [5.74, 6) is -1.59. The molecule has 0 bridgehead atoms. The summed E-state index contributed by atoms with van der Waals surface area (Å²) in [7, 11) is 3.79. The second-order valence-corrected chi connectivity index (χ2v) is 8.54. The van der Waals surface area contributed by atoms with Gasteiger partial charge in [-0.1, -0.05) is 35.9 Å². The van der Waals surface area contributed by atoms with Gasteiger partial charge in [0.25, 0.3) is 17.5 Å². The summed E-state index contributed by atoms with van der Waals surface area (Å²) in [4.78, 5) is 38.2. The standard InChI is InChI=1S/C26H24ClN5O5/c1-16-12-20(32(36)37)14-18(24(16)33)15-28-30-26(35)23(13-17-8-10-19(11-9-17)31(2)3)29-25(34)21-6-4-5-7-22(21)27/h4-15,33H,1-3H3,(H,29,34)(H,30,35). The molecule has 0 aliphatic carbocycles. The van der Waals surface area contributed by atoms with Gasteiger partial charge in [-0.05, 0) is 48.4 Å². The molecule has 11 heteroatoms. The average Bonchev–Trinajstić information content (AvgIpc) is 2.86. The van der Waals surface area contributed by atoms with Crippen LogP contribution in [0, 0.1) is 17.0 Å². The quantitative estimate of drug-likeness (QED) is 0.175. The first kappa shape index (κ1) is 26.9. The molecule has 3 aromatic rings. The van der Waals surface area contributed by atoms with E-state index in [1.54, 1.807) is 30.3 Å². The Morgan fingerprint density at radius 1 is 1.11 bits per heavy atom. The fourth-order valence-corrected chi connectivity index (χ4v) is 3.46. The lowest BCUT2D eigenvalue weighted by Gasteiger charge is -2.13. The number of nitro benzene ring substituents is 1. The molecule has 0 spiro atoms. The maximum Gasteiger partial charge on any atom is 0.287 e. The predicted molar refractivity (Wildman–Crippen MR) is 143 cm³/mol. The van der Waals surface area contributed by atoms with E-state index in [0.29, 0.717) is 5.56 Å². The van der Waals surface area contributed by atoms with Crippen molar-refractivity contribution >= 4 is 47.1 Å². The van der Waals surface area contributed by atoms with Crippen LogP contribution < -0.4 is 15.6 Å². The van der Waals surface area contributed by atoms with Crippen LogP contribution >= 0.6 is 11.6 Å². The first-order valence-corrected chi connectivity index (χ1v) is 11.3. The molecule has 3 N–H and O–H groups in total. The third kappa shape index (κ3) is 6.92. The van der Waals surface area contributed by atoms with E-state index in [9.17, 15) is 24.8 Å². The van der Waals surface area contributed by atoms with Crippen LogP contribution in [-0.2, 0) is 4.79 Å². The van der Waals surface area contributed by atoms with Crippen molar-refractivity contribution in [1.29, 1.82) is 0 Å². The first-order chi connectivity index (χ1) is 17.6. The number of hydrogen-bond donors (Lipinski definition) is 3. The zero-order chi connectivity index (χ0) is 27.1. The van der Waals surface area contributed by atoms with Crippen molar-refractivity contribution in [1.82, 2.24) is 10.7 Å². The molecule has 190 valence electrons. The van der Waals surface area contributed by atoms with Crippen LogP contribution in [0.25, 0.3) is 6.08 Å². The smallest absolute Gasteiger partial charge is 0.287 e. The SMILES string of the molecule is Cc1cc([N+](=O)[O-])cc(C=NNC(=O)C(=Cc2ccc(N(C)C)cc2)NC(=O)c2ccccc2Cl)c1O. The zero-order valence-electron chi connectivity index (χ0n) is 20.2. The first-order valence-electron chi connectivity index (χ1n) is 10.9. The molecule has 0 saturated heterocycles. The van der Waals surface area contributed by atoms with Crippen molar-refractivity contribution in [2.24, 2.45) is 5.10 Å². The second kappa shape index (κ2) is 11.8. The summed E-state index contributed by atoms with van der Waals surface area (Å²) in [6.45, 7) is 1.50. The number of anilines is 1. The van der Waals surface area contributed by atoms with E-state index in [1.807, 2.05) is 31.1 Å². The van der Waals surface area contributed by atoms with E-state index in [4.69, 9.17) is 11.6 Å². The number of hydrogen-bond acceptors (Lipinski definition) is 7. The van der Waals surface area contributed by atoms with Crippen molar-refractivity contribution < 1.29 is 19.6 Å². The Morgan fingerprint density at radius 2 is 1.78 bits per heavy atom. The normalized spacial score (nSPS) is 11.3. The van der Waals surface area contributed by atoms with E-state index in [2.05, 4.69) is 15.8 Å². The van der Waals surface area contributed by atoms with E-state index >= 15 is 0 Å². The van der Waals surface area contributed by atoms with Crippen molar-refractivity contribution in [2.75, 3.05) is 19.0 Å². The molecular weight excluding hydrogens is 498 g/mol. The number of amides is 2. The number of rotatable bonds is 8. The maximum atomic E-state index is 13.0. The van der Waals surface area contributed by atoms with Gasteiger partial charge in [-0.25, -0.2) is 5.43 Å². The Hall–Kier alpha value is -4.70. The van der Waals surface area contributed by atoms with Gasteiger partial charge in [-0.2, -0.15) is 5.10 Å². The summed E-state index contributed by atoms with van der Waals surface area (Å²) in [5.41, 5.74) is 3.97. The Labute approximate surface area is 218 Å². The van der Waals surface area contributed by atoms with Gasteiger partial charge in [-0.15, -0.1) is 0 Å². The number of phenols is 1. The maximum absolute atomic E-state index is 13.0. The molecule has 0 aliphatic rings. The summed E-state index contributed by atoms with van der Waals surface area (Å²) in [6.07, 6.45) is 2.54. The van der Waals surface area contributed by atoms with Crippen LogP contribution in [0.2, 0.25) is 5.02 Å². The van der Waals surface area contributed by atoms with Crippen molar-refractivity contribution in [3.63, 3.8) is 0 Å². The highest BCUT2D eigenvalue weighted by Crippen LogP contribution is 2.26. The van der Waals surface area contributed by atoms with Gasteiger partial charge in [-0.3, -0.25) is 19.7 Å². The highest BCUT2D eigenvalue weighted by atomic mass is 35.5. The molecule has 0 aliphatic heterocycles. The molecule has 0 saturated carbocycles. The fraction of sp³-hybridized carbons (Fsp3) is 0.115. The summed E-state index contributed by atoms with van der Waals surface area (Å²) >= 11 is 6.12. The van der Waals surface area contributed by atoms with Crippen LogP contribution in [0.5, 0.6) is 5.75 Å². The van der Waals surface area contributed by atoms with Gasteiger partial charge in [0.05, 0.1) is 21.7 Å². The number of aromatic hydroxyl groups is 1. The monoisotopic (exact) mass is 521 g/mol. The number of nitrogens with one attached hydrogen (secondary N) is 2. The number of carbonyl (C=O) groups excluding carboxylic acids is 2. The Balaban J connectivity index is 1.89. The van der Waals surface area contributed by atoms with Crippen LogP contribution in [0.3, 0.4) is 0 Å². The highest BCUT2D eigenvalue weighted by Gasteiger charge is 2.17. The van der Waals surface area contributed by atoms with Gasteiger partial charge in [0.2, 0.25) is 0 Å². The second-order valence-electron chi connectivity index (χ2n) is 8.13. The highest BCUT2D eigenvalue weighted by molar-refractivity contribution is 6.34. The van der Waals surface area contributed by atoms with E-state index in [-0.39, 0.29) is 38.8 Å². The molecule has 0 aromatic heterocycles. The molecule has 3 rings (SSSR count). The van der Waals surface area contributed by atoms with Crippen molar-refractivity contribution in [3.05, 3.63) is 104 Å². The number of halogens is 1. The lowest BCUT2D eigenvalue weighted by atomic mass is 10.1. The third-order valence-corrected chi connectivity index (χ3v) is 5.56. The number of benzene rings is 3. The number of non-ortho nitro benzene ring substituents is 1. The summed E-state index contributed by atoms with van der Waals surface area (Å²) in [6, 6.07) is 16.0. The molecule has 0 unspecified atom stereocenters. The molecule has 0 radical (unpaired) electrons. The summed E-state index contributed by atoms with van der Waals surface area (Å²) in [5, 5.41) is 27.9. The molecule has 37 heavy (non-hydrogen) atoms. The van der Waals surface area contributed by atoms with Gasteiger partial charge < -0.3 is 15.3 Å². The fourth-order valence-electron chi connectivity index (χ4n) is 3.24. The van der Waals surface area contributed by atoms with E-state index < -0.39 is 16.7 Å². The Bertz CT molecular complexity index is 1400. The molecule has 0 fully saturated rings. The largest absolute Gasteiger partial charge is 0.507 e. The lowest BCUT2D eigenvalue weighted by molar-refractivity contribution is -0.384. The number of aryl methyl sites for hydroxylation is 1. The van der Waals surface area contributed by atoms with Crippen LogP contribution in [-0.4, -0.2) is 42.2 Å². The number of carbonyl (C=O) groups is 2. The number of hydrazone groups is 1. The molecule has 0 heterocycles. The van der Waals surface area contributed by atoms with Crippen LogP contribution in [0.1, 0.15) is 27.0 Å². The third-order valence-electron chi connectivity index (χ3n) is 5.23. The Kier molecular flexibility index (Phi) is 8.59. The molecule has 0 atom stereocenters. The van der Waals surface area contributed by atoms with Gasteiger partial charge in [0.1, 0.15) is 11.4 Å². The average molecular weight is 522 g/mol. The van der Waals surface area contributed by atoms with Crippen molar-refractivity contribution in [3.8, 4) is 5.75 Å². The Morgan fingerprint density at radius 3 is 2.41 bits per heavy atom. The minimum atomic E-state index is -0.769. The zero-order valence-corrected chi connectivity index (χ0v) is 21.0. The number of nitro groups is 1. The molecule has 3 aromatic carbocycles. The topological polar surface area (TPSA) is 137 Å². The molecule has 2 amide bonds. The minimum Gasteiger partial charge on any atom is -0.507 e. The predicted octanol–water partition coefficient (Wildman–Crippen LogP) is 4.25. The minimum absolute atomic E-state index is 0.0388. The van der Waals surface area contributed by atoms with Gasteiger partial charge in [0, 0.05) is 37.5 Å². The summed E-state index contributed by atoms with van der Waals surface area (Å²) < 4.78 is 0. The number of nitrogens with zero attached hydrogens (tertiary/aromatic N) is 3. The molecule has 10 nitrogen and oxygen atoms in total. The van der Waals surface area contributed by atoms with E-state index in [0.717, 1.165) is 18.0 Å². The van der Waals surface area contributed by atoms with Crippen LogP contribution in [0.4, 0.5) is 11.4 Å². The lowest BCUT2D eigenvalue weighted by Crippen LogP contribution is -2.33. The van der Waals surface area contributed by atoms with Gasteiger partial charge >= 0.3 is 0 Å². The van der Waals surface area contributed by atoms with Crippen LogP contribution in [0.15, 0.2) is 71.5 Å². The molecular formula is C26H24ClN5O5. The van der Waals surface area contributed by atoms with Crippen molar-refractivity contribution in [2.45, 2.75) is 6.92 Å². The van der Waals surface area contributed by atoms with Gasteiger partial charge in [0.15, 0.2) is 0 Å². The van der Waals surface area contributed by atoms with E-state index in [1.165, 1.54) is 25.1 Å². The number of phenolic OH excluding ortho intramolecular Hbond substituents is 1.